The molecule has 0 bridgehead atoms. The largest absolute Gasteiger partial charge is 0.373 e. The van der Waals surface area contributed by atoms with E-state index in [-0.39, 0.29) is 36.1 Å². The van der Waals surface area contributed by atoms with Crippen molar-refractivity contribution in [1.29, 1.82) is 0 Å². The molecule has 0 radical (unpaired) electrons. The molecule has 2 aliphatic heterocycles. The van der Waals surface area contributed by atoms with Crippen molar-refractivity contribution in [1.82, 2.24) is 19.0 Å². The number of para-hydroxylation sites is 1. The molecule has 11 heteroatoms. The van der Waals surface area contributed by atoms with E-state index in [1.807, 2.05) is 86.8 Å². The number of hydrogen-bond acceptors (Lipinski definition) is 7. The number of rotatable bonds is 7. The Morgan fingerprint density at radius 2 is 1.65 bits per heavy atom. The van der Waals surface area contributed by atoms with Crippen LogP contribution in [0.15, 0.2) is 101 Å². The zero-order valence-electron chi connectivity index (χ0n) is 23.7. The molecule has 0 aliphatic carbocycles. The maximum absolute atomic E-state index is 13.7. The van der Waals surface area contributed by atoms with Crippen LogP contribution in [0.25, 0.3) is 23.0 Å². The predicted octanol–water partition coefficient (Wildman–Crippen LogP) is 5.74. The molecule has 0 saturated carbocycles. The molecule has 2 aliphatic rings. The van der Waals surface area contributed by atoms with Crippen molar-refractivity contribution in [3.63, 3.8) is 0 Å². The lowest BCUT2D eigenvalue weighted by Crippen LogP contribution is -2.48. The number of morpholine rings is 1. The quantitative estimate of drug-likeness (QED) is 0.190. The van der Waals surface area contributed by atoms with Gasteiger partial charge in [0.15, 0.2) is 0 Å². The summed E-state index contributed by atoms with van der Waals surface area (Å²) in [6.07, 6.45) is 3.24. The molecule has 1 amide bonds. The van der Waals surface area contributed by atoms with E-state index in [2.05, 4.69) is 0 Å². The molecule has 2 saturated heterocycles. The average molecular weight is 631 g/mol. The second-order valence-corrected chi connectivity index (χ2v) is 14.2. The zero-order chi connectivity index (χ0) is 30.1. The number of hydrogen-bond donors (Lipinski definition) is 0. The Kier molecular flexibility index (Phi) is 8.34. The molecule has 2 fully saturated rings. The number of thioether (sulfide) groups is 1. The van der Waals surface area contributed by atoms with E-state index in [1.54, 1.807) is 33.9 Å². The fraction of sp³-hybridized carbons (Fsp3) is 0.219. The number of aromatic nitrogens is 2. The van der Waals surface area contributed by atoms with Gasteiger partial charge in [0.05, 0.1) is 34.2 Å². The average Bonchev–Trinajstić information content (AvgIpc) is 3.54. The van der Waals surface area contributed by atoms with Crippen LogP contribution in [0.4, 0.5) is 0 Å². The van der Waals surface area contributed by atoms with Crippen LogP contribution in [0.2, 0.25) is 0 Å². The van der Waals surface area contributed by atoms with E-state index in [9.17, 15) is 13.2 Å². The van der Waals surface area contributed by atoms with Gasteiger partial charge in [-0.3, -0.25) is 9.69 Å². The van der Waals surface area contributed by atoms with Crippen molar-refractivity contribution < 1.29 is 17.9 Å². The smallest absolute Gasteiger partial charge is 0.266 e. The van der Waals surface area contributed by atoms with Gasteiger partial charge in [-0.1, -0.05) is 84.6 Å². The molecule has 43 heavy (non-hydrogen) atoms. The molecule has 220 valence electrons. The summed E-state index contributed by atoms with van der Waals surface area (Å²) in [7, 11) is -3.77. The van der Waals surface area contributed by atoms with Gasteiger partial charge in [0.1, 0.15) is 10.0 Å². The topological polar surface area (TPSA) is 84.7 Å². The minimum Gasteiger partial charge on any atom is -0.373 e. The Morgan fingerprint density at radius 1 is 0.977 bits per heavy atom. The lowest BCUT2D eigenvalue weighted by atomic mass is 10.1. The van der Waals surface area contributed by atoms with Gasteiger partial charge in [-0.25, -0.2) is 13.1 Å². The first-order valence-corrected chi connectivity index (χ1v) is 16.6. The van der Waals surface area contributed by atoms with Crippen LogP contribution in [0.3, 0.4) is 0 Å². The van der Waals surface area contributed by atoms with Gasteiger partial charge in [0, 0.05) is 30.4 Å². The minimum absolute atomic E-state index is 0.177. The summed E-state index contributed by atoms with van der Waals surface area (Å²) in [5, 5.41) is 4.86. The molecule has 8 nitrogen and oxygen atoms in total. The normalized spacial score (nSPS) is 20.7. The van der Waals surface area contributed by atoms with E-state index in [4.69, 9.17) is 22.1 Å². The van der Waals surface area contributed by atoms with Gasteiger partial charge < -0.3 is 4.74 Å². The summed E-state index contributed by atoms with van der Waals surface area (Å²) in [4.78, 5) is 15.7. The molecular formula is C32H30N4O4S3. The fourth-order valence-electron chi connectivity index (χ4n) is 5.25. The molecule has 0 spiro atoms. The number of thiocarbonyl (C=S) groups is 1. The maximum atomic E-state index is 13.7. The van der Waals surface area contributed by atoms with E-state index >= 15 is 0 Å². The number of nitrogens with zero attached hydrogens (tertiary/aromatic N) is 4. The Labute approximate surface area is 261 Å². The molecule has 3 heterocycles. The third-order valence-electron chi connectivity index (χ3n) is 7.24. The van der Waals surface area contributed by atoms with Gasteiger partial charge >= 0.3 is 0 Å². The Morgan fingerprint density at radius 3 is 2.35 bits per heavy atom. The second kappa shape index (κ2) is 12.2. The molecule has 2 unspecified atom stereocenters. The second-order valence-electron chi connectivity index (χ2n) is 10.6. The van der Waals surface area contributed by atoms with Crippen LogP contribution in [0.5, 0.6) is 0 Å². The number of benzene rings is 3. The van der Waals surface area contributed by atoms with E-state index in [0.717, 1.165) is 11.3 Å². The molecule has 2 atom stereocenters. The van der Waals surface area contributed by atoms with Crippen LogP contribution in [0.1, 0.15) is 25.0 Å². The summed E-state index contributed by atoms with van der Waals surface area (Å²) in [6, 6.07) is 26.2. The third kappa shape index (κ3) is 6.22. The Balaban J connectivity index is 1.38. The summed E-state index contributed by atoms with van der Waals surface area (Å²) in [6.45, 7) is 4.71. The predicted molar refractivity (Wildman–Crippen MR) is 173 cm³/mol. The lowest BCUT2D eigenvalue weighted by molar-refractivity contribution is -0.122. The summed E-state index contributed by atoms with van der Waals surface area (Å²) in [5.74, 6) is -0.177. The van der Waals surface area contributed by atoms with Crippen molar-refractivity contribution >= 4 is 50.3 Å². The summed E-state index contributed by atoms with van der Waals surface area (Å²) in [5.41, 5.74) is 3.67. The van der Waals surface area contributed by atoms with E-state index in [0.29, 0.717) is 32.6 Å². The zero-order valence-corrected chi connectivity index (χ0v) is 26.1. The molecule has 6 rings (SSSR count). The summed E-state index contributed by atoms with van der Waals surface area (Å²) >= 11 is 6.83. The number of carbonyl (C=O) groups excluding carboxylic acids is 1. The molecule has 4 aromatic rings. The van der Waals surface area contributed by atoms with Gasteiger partial charge in [0.25, 0.3) is 5.91 Å². The first kappa shape index (κ1) is 29.5. The first-order valence-electron chi connectivity index (χ1n) is 13.9. The molecule has 1 aromatic heterocycles. The SMILES string of the molecule is CC1CN(S(=O)(=O)c2cccc(-c3nn(-c4ccccc4)cc3C=C3SC(=S)N(Cc4ccccc4)C3=O)c2)CC(C)O1. The van der Waals surface area contributed by atoms with Crippen LogP contribution >= 0.6 is 24.0 Å². The maximum Gasteiger partial charge on any atom is 0.266 e. The number of amides is 1. The third-order valence-corrected chi connectivity index (χ3v) is 10.4. The standard InChI is InChI=1S/C32H30N4O4S3/c1-22-18-34(19-23(2)40-22)43(38,39)28-15-9-12-25(16-28)30-26(21-36(33-30)27-13-7-4-8-14-27)17-29-31(37)35(32(41)42-29)20-24-10-5-3-6-11-24/h3-17,21-23H,18-20H2,1-2H3. The highest BCUT2D eigenvalue weighted by atomic mass is 32.2. The minimum atomic E-state index is -3.77. The first-order chi connectivity index (χ1) is 20.7. The number of ether oxygens (including phenoxy) is 1. The number of sulfonamides is 1. The molecule has 0 N–H and O–H groups in total. The van der Waals surface area contributed by atoms with Crippen LogP contribution < -0.4 is 0 Å². The highest BCUT2D eigenvalue weighted by molar-refractivity contribution is 8.26. The lowest BCUT2D eigenvalue weighted by Gasteiger charge is -2.34. The van der Waals surface area contributed by atoms with Crippen molar-refractivity contribution in [3.8, 4) is 16.9 Å². The van der Waals surface area contributed by atoms with Crippen molar-refractivity contribution in [2.75, 3.05) is 13.1 Å². The Hall–Kier alpha value is -3.61. The van der Waals surface area contributed by atoms with Gasteiger partial charge in [-0.05, 0) is 49.8 Å². The monoisotopic (exact) mass is 630 g/mol. The highest BCUT2D eigenvalue weighted by Crippen LogP contribution is 2.36. The van der Waals surface area contributed by atoms with Gasteiger partial charge in [0.2, 0.25) is 10.0 Å². The van der Waals surface area contributed by atoms with Crippen LogP contribution in [-0.4, -0.2) is 62.9 Å². The van der Waals surface area contributed by atoms with Crippen molar-refractivity contribution in [2.24, 2.45) is 0 Å². The van der Waals surface area contributed by atoms with Crippen LogP contribution in [-0.2, 0) is 26.1 Å². The Bertz CT molecular complexity index is 1800. The van der Waals surface area contributed by atoms with Crippen molar-refractivity contribution in [3.05, 3.63) is 107 Å². The number of carbonyl (C=O) groups is 1. The van der Waals surface area contributed by atoms with Crippen LogP contribution in [0, 0.1) is 0 Å². The van der Waals surface area contributed by atoms with Gasteiger partial charge in [-0.15, -0.1) is 0 Å². The van der Waals surface area contributed by atoms with Crippen molar-refractivity contribution in [2.45, 2.75) is 37.5 Å². The summed E-state index contributed by atoms with van der Waals surface area (Å²) < 4.78 is 36.8. The fourth-order valence-corrected chi connectivity index (χ4v) is 8.14. The van der Waals surface area contributed by atoms with E-state index < -0.39 is 10.0 Å². The molecule has 3 aromatic carbocycles. The van der Waals surface area contributed by atoms with Gasteiger partial charge in [-0.2, -0.15) is 9.40 Å². The highest BCUT2D eigenvalue weighted by Gasteiger charge is 2.34. The van der Waals surface area contributed by atoms with E-state index in [1.165, 1.54) is 16.1 Å². The molecular weight excluding hydrogens is 601 g/mol.